The highest BCUT2D eigenvalue weighted by Gasteiger charge is 2.28. The summed E-state index contributed by atoms with van der Waals surface area (Å²) in [5.74, 6) is 0.530. The van der Waals surface area contributed by atoms with Crippen LogP contribution in [0.15, 0.2) is 93.5 Å². The average molecular weight is 395 g/mol. The highest BCUT2D eigenvalue weighted by molar-refractivity contribution is 7.97. The number of hydrogen-bond acceptors (Lipinski definition) is 6. The minimum Gasteiger partial charge on any atom is -0.508 e. The van der Waals surface area contributed by atoms with Crippen LogP contribution in [0.4, 0.5) is 0 Å². The van der Waals surface area contributed by atoms with E-state index in [1.54, 1.807) is 24.3 Å². The van der Waals surface area contributed by atoms with Crippen LogP contribution in [0.2, 0.25) is 0 Å². The first kappa shape index (κ1) is 20.1. The second kappa shape index (κ2) is 8.91. The Hall–Kier alpha value is -2.26. The van der Waals surface area contributed by atoms with Gasteiger partial charge in [-0.2, -0.15) is 0 Å². The van der Waals surface area contributed by atoms with E-state index >= 15 is 0 Å². The first-order valence-corrected chi connectivity index (χ1v) is 9.69. The Morgan fingerprint density at radius 2 is 0.846 bits per heavy atom. The molecule has 0 aliphatic rings. The monoisotopic (exact) mass is 394 g/mol. The van der Waals surface area contributed by atoms with Crippen LogP contribution in [0.3, 0.4) is 0 Å². The molecule has 0 saturated carbocycles. The summed E-state index contributed by atoms with van der Waals surface area (Å²) in [4.78, 5) is 3.46. The normalized spacial score (nSPS) is 11.0. The van der Waals surface area contributed by atoms with Crippen molar-refractivity contribution in [3.63, 3.8) is 0 Å². The number of hydrogen-bond donors (Lipinski definition) is 2. The van der Waals surface area contributed by atoms with Crippen molar-refractivity contribution in [1.82, 2.24) is 0 Å². The number of phenolic OH excluding ortho intramolecular Hbond substituents is 2. The van der Waals surface area contributed by atoms with Crippen LogP contribution in [0.5, 0.6) is 11.5 Å². The Labute approximate surface area is 155 Å². The lowest BCUT2D eigenvalue weighted by Crippen LogP contribution is -2.68. The molecular formula is C18H15ClO6S. The number of rotatable bonds is 3. The summed E-state index contributed by atoms with van der Waals surface area (Å²) in [6.45, 7) is 0. The topological polar surface area (TPSA) is 133 Å². The molecule has 0 fully saturated rings. The van der Waals surface area contributed by atoms with Gasteiger partial charge in [0.2, 0.25) is 0 Å². The van der Waals surface area contributed by atoms with Gasteiger partial charge >= 0.3 is 0 Å². The zero-order valence-electron chi connectivity index (χ0n) is 13.3. The lowest BCUT2D eigenvalue weighted by Gasteiger charge is -2.17. The number of phenols is 2. The molecule has 0 aromatic heterocycles. The van der Waals surface area contributed by atoms with Crippen LogP contribution in [0, 0.1) is 10.2 Å². The molecule has 0 aliphatic carbocycles. The highest BCUT2D eigenvalue weighted by atomic mass is 35.7. The van der Waals surface area contributed by atoms with Gasteiger partial charge in [0.25, 0.3) is 0 Å². The quantitative estimate of drug-likeness (QED) is 0.572. The fourth-order valence-corrected chi connectivity index (χ4v) is 4.19. The summed E-state index contributed by atoms with van der Waals surface area (Å²) >= 11 is 0. The van der Waals surface area contributed by atoms with Crippen molar-refractivity contribution in [1.29, 1.82) is 0 Å². The minimum absolute atomic E-state index is 0.253. The van der Waals surface area contributed by atoms with E-state index in [1.807, 2.05) is 42.5 Å². The van der Waals surface area contributed by atoms with Gasteiger partial charge in [-0.05, 0) is 60.7 Å². The van der Waals surface area contributed by atoms with E-state index in [0.29, 0.717) is 0 Å². The number of benzene rings is 3. The van der Waals surface area contributed by atoms with Gasteiger partial charge in [0.05, 0.1) is 10.9 Å². The van der Waals surface area contributed by atoms with Crippen molar-refractivity contribution in [3.05, 3.63) is 78.9 Å². The van der Waals surface area contributed by atoms with Crippen LogP contribution in [-0.4, -0.2) is 10.2 Å². The molecule has 0 aliphatic heterocycles. The fourth-order valence-electron chi connectivity index (χ4n) is 2.13. The zero-order chi connectivity index (χ0) is 19.2. The predicted octanol–water partition coefficient (Wildman–Crippen LogP) is -0.563. The maximum Gasteiger partial charge on any atom is 0.166 e. The van der Waals surface area contributed by atoms with Crippen LogP contribution >= 0.6 is 0 Å². The van der Waals surface area contributed by atoms with Crippen molar-refractivity contribution in [2.75, 3.05) is 0 Å². The standard InChI is InChI=1S/C18H14O2S.ClHO4/c19-14-6-10-17(11-7-14)21(16-4-2-1-3-5-16)18-12-8-15(20)9-13-18;2-1(3,4)5/h1-13H,(H-,19,20);(H,2,3,4,5). The molecule has 3 rings (SSSR count). The third-order valence-electron chi connectivity index (χ3n) is 3.12. The van der Waals surface area contributed by atoms with Gasteiger partial charge in [-0.15, -0.1) is 10.2 Å². The predicted molar refractivity (Wildman–Crippen MR) is 84.8 cm³/mol. The van der Waals surface area contributed by atoms with Gasteiger partial charge in [-0.1, -0.05) is 18.2 Å². The van der Waals surface area contributed by atoms with Gasteiger partial charge in [-0.25, -0.2) is 18.6 Å². The Bertz CT molecular complexity index is 752. The summed E-state index contributed by atoms with van der Waals surface area (Å²) in [6.07, 6.45) is 0. The smallest absolute Gasteiger partial charge is 0.166 e. The molecular weight excluding hydrogens is 380 g/mol. The number of aromatic hydroxyl groups is 2. The molecule has 3 aromatic carbocycles. The van der Waals surface area contributed by atoms with Gasteiger partial charge in [0, 0.05) is 0 Å². The molecule has 6 nitrogen and oxygen atoms in total. The Kier molecular flexibility index (Phi) is 6.87. The van der Waals surface area contributed by atoms with Crippen molar-refractivity contribution < 1.29 is 39.1 Å². The second-order valence-corrected chi connectivity index (χ2v) is 7.77. The highest BCUT2D eigenvalue weighted by Crippen LogP contribution is 2.32. The summed E-state index contributed by atoms with van der Waals surface area (Å²) in [7, 11) is -5.20. The van der Waals surface area contributed by atoms with Gasteiger partial charge < -0.3 is 10.2 Å². The molecule has 3 aromatic rings. The Morgan fingerprint density at radius 3 is 1.19 bits per heavy atom. The van der Waals surface area contributed by atoms with E-state index in [1.165, 1.54) is 4.90 Å². The molecule has 2 N–H and O–H groups in total. The van der Waals surface area contributed by atoms with E-state index in [4.69, 9.17) is 18.6 Å². The average Bonchev–Trinajstić information content (AvgIpc) is 2.58. The molecule has 0 amide bonds. The maximum absolute atomic E-state index is 9.49. The summed E-state index contributed by atoms with van der Waals surface area (Å²) in [5, 5.41) is 19.0. The molecule has 0 atom stereocenters. The third kappa shape index (κ3) is 6.57. The zero-order valence-corrected chi connectivity index (χ0v) is 14.9. The largest absolute Gasteiger partial charge is 0.508 e. The molecule has 0 unspecified atom stereocenters. The molecule has 8 heteroatoms. The first-order valence-electron chi connectivity index (χ1n) is 7.23. The molecule has 0 bridgehead atoms. The second-order valence-electron chi connectivity index (χ2n) is 4.99. The van der Waals surface area contributed by atoms with E-state index < -0.39 is 10.2 Å². The molecule has 136 valence electrons. The third-order valence-corrected chi connectivity index (χ3v) is 5.35. The Balaban J connectivity index is 0.000000431. The maximum atomic E-state index is 9.49. The lowest BCUT2D eigenvalue weighted by atomic mass is 10.3. The molecule has 26 heavy (non-hydrogen) atoms. The molecule has 0 spiro atoms. The van der Waals surface area contributed by atoms with Crippen LogP contribution < -0.4 is 18.6 Å². The summed E-state index contributed by atoms with van der Waals surface area (Å²) in [6, 6.07) is 24.8. The van der Waals surface area contributed by atoms with Gasteiger partial charge in [0.15, 0.2) is 14.7 Å². The van der Waals surface area contributed by atoms with Crippen LogP contribution in [-0.2, 0) is 10.9 Å². The van der Waals surface area contributed by atoms with E-state index in [0.717, 1.165) is 9.79 Å². The minimum atomic E-state index is -4.94. The van der Waals surface area contributed by atoms with Gasteiger partial charge in [0.1, 0.15) is 11.5 Å². The lowest BCUT2D eigenvalue weighted by molar-refractivity contribution is -2.00. The SMILES string of the molecule is Oc1ccc([S+](c2ccccc2)c2ccc(O)cc2)cc1.[O-][Cl+3]([O-])([O-])[O-]. The molecule has 0 saturated heterocycles. The van der Waals surface area contributed by atoms with Crippen LogP contribution in [0.1, 0.15) is 0 Å². The van der Waals surface area contributed by atoms with E-state index in [-0.39, 0.29) is 22.4 Å². The van der Waals surface area contributed by atoms with Crippen molar-refractivity contribution in [2.45, 2.75) is 14.7 Å². The van der Waals surface area contributed by atoms with Crippen LogP contribution in [0.25, 0.3) is 0 Å². The van der Waals surface area contributed by atoms with Crippen molar-refractivity contribution in [3.8, 4) is 11.5 Å². The summed E-state index contributed by atoms with van der Waals surface area (Å²) in [5.41, 5.74) is 0. The molecule has 0 heterocycles. The first-order chi connectivity index (χ1) is 12.2. The number of halogens is 1. The van der Waals surface area contributed by atoms with E-state index in [2.05, 4.69) is 12.1 Å². The molecule has 0 radical (unpaired) electrons. The Morgan fingerprint density at radius 1 is 0.538 bits per heavy atom. The van der Waals surface area contributed by atoms with Crippen molar-refractivity contribution in [2.24, 2.45) is 0 Å². The summed E-state index contributed by atoms with van der Waals surface area (Å²) < 4.78 is 34.0. The van der Waals surface area contributed by atoms with Gasteiger partial charge in [-0.3, -0.25) is 0 Å². The fraction of sp³-hybridized carbons (Fsp3) is 0. The van der Waals surface area contributed by atoms with Crippen molar-refractivity contribution >= 4 is 10.9 Å². The van der Waals surface area contributed by atoms with E-state index in [9.17, 15) is 10.2 Å².